The maximum atomic E-state index is 12.9. The predicted molar refractivity (Wildman–Crippen MR) is 103 cm³/mol. The lowest BCUT2D eigenvalue weighted by atomic mass is 9.61. The van der Waals surface area contributed by atoms with Crippen molar-refractivity contribution in [1.82, 2.24) is 15.1 Å². The first-order chi connectivity index (χ1) is 13.7. The van der Waals surface area contributed by atoms with Crippen LogP contribution in [0.25, 0.3) is 0 Å². The number of hydrogen-bond donors (Lipinski definition) is 2. The summed E-state index contributed by atoms with van der Waals surface area (Å²) in [6, 6.07) is 5.58. The van der Waals surface area contributed by atoms with Crippen LogP contribution in [0.5, 0.6) is 0 Å². The zero-order chi connectivity index (χ0) is 20.8. The van der Waals surface area contributed by atoms with Crippen molar-refractivity contribution >= 4 is 27.7 Å². The van der Waals surface area contributed by atoms with E-state index >= 15 is 0 Å². The van der Waals surface area contributed by atoms with Crippen LogP contribution in [0.3, 0.4) is 0 Å². The molecule has 3 fully saturated rings. The molecule has 2 aliphatic heterocycles. The zero-order valence-electron chi connectivity index (χ0n) is 15.9. The van der Waals surface area contributed by atoms with Gasteiger partial charge in [-0.3, -0.25) is 14.4 Å². The number of nitrogens with two attached hydrogens (primary N) is 1. The van der Waals surface area contributed by atoms with Gasteiger partial charge in [0.15, 0.2) is 0 Å². The fraction of sp³-hybridized carbons (Fsp3) is 0.526. The van der Waals surface area contributed by atoms with Crippen molar-refractivity contribution in [2.24, 2.45) is 22.9 Å². The highest BCUT2D eigenvalue weighted by Gasteiger charge is 2.49. The summed E-state index contributed by atoms with van der Waals surface area (Å²) in [5, 5.41) is 7.82. The van der Waals surface area contributed by atoms with Gasteiger partial charge in [-0.2, -0.15) is 0 Å². The second-order valence-electron chi connectivity index (χ2n) is 7.99. The highest BCUT2D eigenvalue weighted by molar-refractivity contribution is 7.89. The highest BCUT2D eigenvalue weighted by atomic mass is 32.2. The minimum absolute atomic E-state index is 0.00732. The molecule has 3 aliphatic rings. The molecule has 0 radical (unpaired) electrons. The van der Waals surface area contributed by atoms with Crippen molar-refractivity contribution in [3.63, 3.8) is 0 Å². The number of piperidine rings is 1. The predicted octanol–water partition coefficient (Wildman–Crippen LogP) is -0.609. The molecule has 4 rings (SSSR count). The third-order valence-corrected chi connectivity index (χ3v) is 7.19. The number of sulfonamides is 1. The summed E-state index contributed by atoms with van der Waals surface area (Å²) in [4.78, 5) is 40.6. The van der Waals surface area contributed by atoms with Crippen molar-refractivity contribution in [1.29, 1.82) is 0 Å². The third-order valence-electron chi connectivity index (χ3n) is 6.26. The van der Waals surface area contributed by atoms with Crippen molar-refractivity contribution in [3.05, 3.63) is 29.8 Å². The fourth-order valence-electron chi connectivity index (χ4n) is 4.58. The van der Waals surface area contributed by atoms with Gasteiger partial charge < -0.3 is 15.1 Å². The molecule has 0 unspecified atom stereocenters. The largest absolute Gasteiger partial charge is 0.353 e. The first kappa shape index (κ1) is 19.8. The van der Waals surface area contributed by atoms with E-state index in [0.717, 1.165) is 12.8 Å². The Kier molecular flexibility index (Phi) is 5.07. The second-order valence-corrected chi connectivity index (χ2v) is 9.55. The molecule has 1 aromatic carbocycles. The molecular weight excluding hydrogens is 396 g/mol. The van der Waals surface area contributed by atoms with Crippen LogP contribution in [-0.2, 0) is 19.6 Å². The van der Waals surface area contributed by atoms with Gasteiger partial charge >= 0.3 is 0 Å². The van der Waals surface area contributed by atoms with Crippen LogP contribution in [0.2, 0.25) is 0 Å². The van der Waals surface area contributed by atoms with E-state index in [4.69, 9.17) is 5.14 Å². The summed E-state index contributed by atoms with van der Waals surface area (Å²) < 4.78 is 22.7. The van der Waals surface area contributed by atoms with E-state index in [9.17, 15) is 22.8 Å². The van der Waals surface area contributed by atoms with Crippen molar-refractivity contribution < 1.29 is 22.8 Å². The number of fused-ring (bicyclic) bond motifs is 1. The molecule has 2 heterocycles. The number of rotatable bonds is 3. The molecular formula is C19H24N4O5S. The first-order valence-electron chi connectivity index (χ1n) is 9.71. The Balaban J connectivity index is 1.41. The average Bonchev–Trinajstić information content (AvgIpc) is 2.67. The number of amides is 3. The molecule has 1 aromatic rings. The molecule has 10 heteroatoms. The van der Waals surface area contributed by atoms with Gasteiger partial charge in [0.25, 0.3) is 5.91 Å². The molecule has 3 N–H and O–H groups in total. The lowest BCUT2D eigenvalue weighted by Crippen LogP contribution is -2.59. The molecule has 156 valence electrons. The molecule has 3 atom stereocenters. The van der Waals surface area contributed by atoms with Gasteiger partial charge in [-0.25, -0.2) is 13.6 Å². The molecule has 1 saturated carbocycles. The van der Waals surface area contributed by atoms with Crippen LogP contribution < -0.4 is 10.5 Å². The van der Waals surface area contributed by atoms with Gasteiger partial charge in [0.2, 0.25) is 21.8 Å². The Morgan fingerprint density at radius 3 is 2.48 bits per heavy atom. The van der Waals surface area contributed by atoms with Crippen molar-refractivity contribution in [2.45, 2.75) is 17.7 Å². The molecule has 29 heavy (non-hydrogen) atoms. The van der Waals surface area contributed by atoms with E-state index in [0.29, 0.717) is 37.7 Å². The van der Waals surface area contributed by atoms with Crippen LogP contribution in [0.4, 0.5) is 0 Å². The minimum Gasteiger partial charge on any atom is -0.353 e. The molecule has 2 saturated heterocycles. The number of piperazine rings is 1. The minimum atomic E-state index is -3.80. The van der Waals surface area contributed by atoms with E-state index in [2.05, 4.69) is 5.32 Å². The molecule has 9 nitrogen and oxygen atoms in total. The van der Waals surface area contributed by atoms with Gasteiger partial charge in [0.05, 0.1) is 11.4 Å². The summed E-state index contributed by atoms with van der Waals surface area (Å²) in [6.45, 7) is 2.22. The quantitative estimate of drug-likeness (QED) is 0.674. The molecule has 0 spiro atoms. The topological polar surface area (TPSA) is 130 Å². The Morgan fingerprint density at radius 1 is 1.10 bits per heavy atom. The van der Waals surface area contributed by atoms with Crippen LogP contribution >= 0.6 is 0 Å². The Bertz CT molecular complexity index is 946. The number of carbonyl (C=O) groups is 3. The van der Waals surface area contributed by atoms with Crippen LogP contribution in [0.1, 0.15) is 23.2 Å². The number of likely N-dealkylation sites (tertiary alicyclic amines) is 1. The number of nitrogens with zero attached hydrogens (tertiary/aromatic N) is 2. The van der Waals surface area contributed by atoms with Gasteiger partial charge in [-0.1, -0.05) is 0 Å². The van der Waals surface area contributed by atoms with E-state index in [1.807, 2.05) is 0 Å². The number of benzene rings is 1. The average molecular weight is 420 g/mol. The van der Waals surface area contributed by atoms with Gasteiger partial charge in [-0.15, -0.1) is 0 Å². The zero-order valence-corrected chi connectivity index (χ0v) is 16.7. The summed E-state index contributed by atoms with van der Waals surface area (Å²) in [6.07, 6.45) is 1.66. The number of primary sulfonamides is 1. The SMILES string of the molecule is NS(=O)(=O)c1ccc(C(=O)N2CC[C@@H]3C[C@@H](C(=O)N4CCNC(=O)C4)[C@@H]3C2)cc1. The highest BCUT2D eigenvalue weighted by Crippen LogP contribution is 2.46. The molecule has 0 aromatic heterocycles. The summed E-state index contributed by atoms with van der Waals surface area (Å²) >= 11 is 0. The summed E-state index contributed by atoms with van der Waals surface area (Å²) in [5.41, 5.74) is 0.394. The van der Waals surface area contributed by atoms with Gasteiger partial charge in [0, 0.05) is 37.7 Å². The number of carbonyl (C=O) groups excluding carboxylic acids is 3. The van der Waals surface area contributed by atoms with Gasteiger partial charge in [-0.05, 0) is 48.9 Å². The van der Waals surface area contributed by atoms with E-state index in [1.165, 1.54) is 24.3 Å². The standard InChI is InChI=1S/C19H24N4O5S/c20-29(27,28)14-3-1-12(2-4-14)18(25)22-7-5-13-9-15(16(13)10-22)19(26)23-8-6-21-17(24)11-23/h1-4,13,15-16H,5-11H2,(H,21,24)(H2,20,27,28)/t13-,15-,16-/m1/s1. The van der Waals surface area contributed by atoms with Crippen LogP contribution in [0, 0.1) is 17.8 Å². The number of hydrogen-bond acceptors (Lipinski definition) is 5. The van der Waals surface area contributed by atoms with Gasteiger partial charge in [0.1, 0.15) is 0 Å². The Morgan fingerprint density at radius 2 is 1.83 bits per heavy atom. The molecule has 1 aliphatic carbocycles. The normalized spacial score (nSPS) is 26.9. The molecule has 0 bridgehead atoms. The lowest BCUT2D eigenvalue weighted by Gasteiger charge is -2.51. The Labute approximate surface area is 169 Å². The molecule has 3 amide bonds. The van der Waals surface area contributed by atoms with E-state index in [1.54, 1.807) is 9.80 Å². The maximum Gasteiger partial charge on any atom is 0.253 e. The lowest BCUT2D eigenvalue weighted by molar-refractivity contribution is -0.151. The first-order valence-corrected chi connectivity index (χ1v) is 11.3. The number of nitrogens with one attached hydrogen (secondary N) is 1. The summed E-state index contributed by atoms with van der Waals surface area (Å²) in [7, 11) is -3.80. The Hall–Kier alpha value is -2.46. The maximum absolute atomic E-state index is 12.9. The third kappa shape index (κ3) is 3.86. The van der Waals surface area contributed by atoms with E-state index < -0.39 is 10.0 Å². The van der Waals surface area contributed by atoms with Crippen LogP contribution in [0.15, 0.2) is 29.2 Å². The fourth-order valence-corrected chi connectivity index (χ4v) is 5.10. The second kappa shape index (κ2) is 7.42. The van der Waals surface area contributed by atoms with Crippen molar-refractivity contribution in [3.8, 4) is 0 Å². The smallest absolute Gasteiger partial charge is 0.253 e. The summed E-state index contributed by atoms with van der Waals surface area (Å²) in [5.74, 6) is 0.0770. The van der Waals surface area contributed by atoms with Crippen LogP contribution in [-0.4, -0.2) is 68.7 Å². The van der Waals surface area contributed by atoms with Crippen molar-refractivity contribution in [2.75, 3.05) is 32.7 Å². The van der Waals surface area contributed by atoms with E-state index in [-0.39, 0.29) is 41.0 Å². The monoisotopic (exact) mass is 420 g/mol.